The summed E-state index contributed by atoms with van der Waals surface area (Å²) in [7, 11) is 0. The Morgan fingerprint density at radius 2 is 1.48 bits per heavy atom. The highest BCUT2D eigenvalue weighted by Gasteiger charge is 2.34. The summed E-state index contributed by atoms with van der Waals surface area (Å²) in [5.41, 5.74) is 5.00. The molecule has 0 spiro atoms. The van der Waals surface area contributed by atoms with Crippen LogP contribution in [0.2, 0.25) is 0 Å². The van der Waals surface area contributed by atoms with Gasteiger partial charge in [0, 0.05) is 35.2 Å². The molecule has 1 aromatic heterocycles. The van der Waals surface area contributed by atoms with Gasteiger partial charge in [-0.25, -0.2) is 4.98 Å². The average Bonchev–Trinajstić information content (AvgIpc) is 3.54. The summed E-state index contributed by atoms with van der Waals surface area (Å²) in [5, 5.41) is 10.5. The fourth-order valence-electron chi connectivity index (χ4n) is 3.96. The van der Waals surface area contributed by atoms with E-state index in [1.165, 1.54) is 12.1 Å². The van der Waals surface area contributed by atoms with Crippen LogP contribution in [0, 0.1) is 5.92 Å². The van der Waals surface area contributed by atoms with Crippen molar-refractivity contribution in [1.82, 2.24) is 15.2 Å². The predicted octanol–water partition coefficient (Wildman–Crippen LogP) is 6.73. The molecule has 0 saturated heterocycles. The molecule has 2 unspecified atom stereocenters. The Morgan fingerprint density at radius 1 is 0.879 bits per heavy atom. The Kier molecular flexibility index (Phi) is 7.86. The van der Waals surface area contributed by atoms with E-state index in [0.717, 1.165) is 65.3 Å². The smallest absolute Gasteiger partial charge is 0.209 e. The fourth-order valence-corrected chi connectivity index (χ4v) is 5.09. The van der Waals surface area contributed by atoms with E-state index >= 15 is 0 Å². The summed E-state index contributed by atoms with van der Waals surface area (Å²) in [6.45, 7) is 11.5. The van der Waals surface area contributed by atoms with Gasteiger partial charge in [0.25, 0.3) is 0 Å². The van der Waals surface area contributed by atoms with Crippen molar-refractivity contribution in [3.63, 3.8) is 0 Å². The number of rotatable bonds is 11. The molecule has 0 aliphatic heterocycles. The minimum Gasteiger partial charge on any atom is -0.494 e. The molecule has 4 rings (SSSR count). The normalized spacial score (nSPS) is 17.1. The molecular weight excluding hydrogens is 428 g/mol. The van der Waals surface area contributed by atoms with Crippen LogP contribution in [0.5, 0.6) is 5.75 Å². The highest BCUT2D eigenvalue weighted by Crippen LogP contribution is 2.44. The maximum absolute atomic E-state index is 5.63. The highest BCUT2D eigenvalue weighted by atomic mass is 32.2. The number of ether oxygens (including phenoxy) is 1. The van der Waals surface area contributed by atoms with Crippen molar-refractivity contribution >= 4 is 17.4 Å². The molecule has 2 atom stereocenters. The number of hydrogen-bond donors (Lipinski definition) is 0. The van der Waals surface area contributed by atoms with Crippen LogP contribution in [0.15, 0.2) is 53.7 Å². The lowest BCUT2D eigenvalue weighted by molar-refractivity contribution is 0.340. The van der Waals surface area contributed by atoms with Gasteiger partial charge < -0.3 is 9.64 Å². The summed E-state index contributed by atoms with van der Waals surface area (Å²) < 4.78 is 5.63. The third-order valence-electron chi connectivity index (χ3n) is 5.89. The zero-order chi connectivity index (χ0) is 23.2. The van der Waals surface area contributed by atoms with Crippen LogP contribution in [0.25, 0.3) is 22.5 Å². The molecule has 0 N–H and O–H groups in total. The average molecular weight is 463 g/mol. The van der Waals surface area contributed by atoms with E-state index < -0.39 is 0 Å². The van der Waals surface area contributed by atoms with E-state index in [9.17, 15) is 0 Å². The summed E-state index contributed by atoms with van der Waals surface area (Å²) in [6.07, 6.45) is 3.50. The highest BCUT2D eigenvalue weighted by molar-refractivity contribution is 8.00. The number of aromatic nitrogens is 3. The molecule has 1 heterocycles. The predicted molar refractivity (Wildman–Crippen MR) is 138 cm³/mol. The van der Waals surface area contributed by atoms with Crippen molar-refractivity contribution in [3.05, 3.63) is 48.5 Å². The molecule has 174 valence electrons. The first-order valence-electron chi connectivity index (χ1n) is 12.1. The van der Waals surface area contributed by atoms with Gasteiger partial charge in [-0.2, -0.15) is 0 Å². The van der Waals surface area contributed by atoms with Crippen LogP contribution in [0.4, 0.5) is 5.69 Å². The minimum absolute atomic E-state index is 0.605. The second-order valence-electron chi connectivity index (χ2n) is 8.65. The van der Waals surface area contributed by atoms with Crippen molar-refractivity contribution in [2.45, 2.75) is 57.4 Å². The van der Waals surface area contributed by atoms with Crippen LogP contribution >= 0.6 is 11.8 Å². The molecule has 2 aromatic carbocycles. The molecule has 0 bridgehead atoms. The fraction of sp³-hybridized carbons (Fsp3) is 0.444. The Hall–Kier alpha value is -2.60. The van der Waals surface area contributed by atoms with Gasteiger partial charge >= 0.3 is 0 Å². The molecule has 1 saturated carbocycles. The first-order chi connectivity index (χ1) is 16.1. The zero-order valence-electron chi connectivity index (χ0n) is 20.1. The second kappa shape index (κ2) is 11.0. The molecule has 1 fully saturated rings. The second-order valence-corrected chi connectivity index (χ2v) is 9.86. The first-order valence-corrected chi connectivity index (χ1v) is 13.0. The van der Waals surface area contributed by atoms with E-state index in [1.807, 2.05) is 19.1 Å². The number of thioether (sulfide) groups is 1. The van der Waals surface area contributed by atoms with Gasteiger partial charge in [0.15, 0.2) is 0 Å². The summed E-state index contributed by atoms with van der Waals surface area (Å²) >= 11 is 1.74. The van der Waals surface area contributed by atoms with E-state index in [0.29, 0.717) is 11.9 Å². The zero-order valence-corrected chi connectivity index (χ0v) is 20.9. The lowest BCUT2D eigenvalue weighted by Gasteiger charge is -2.24. The number of benzene rings is 2. The van der Waals surface area contributed by atoms with E-state index in [4.69, 9.17) is 9.72 Å². The maximum atomic E-state index is 5.63. The summed E-state index contributed by atoms with van der Waals surface area (Å²) in [5.74, 6) is 1.59. The molecule has 0 amide bonds. The summed E-state index contributed by atoms with van der Waals surface area (Å²) in [4.78, 5) is 7.41. The third kappa shape index (κ3) is 5.85. The number of anilines is 1. The van der Waals surface area contributed by atoms with Crippen molar-refractivity contribution < 1.29 is 4.74 Å². The SMILES string of the molecule is CCCN(CCC)c1ccc(-c2nnc(SC3CC3C)nc2-c2ccc(OCC)cc2)cc1. The van der Waals surface area contributed by atoms with Gasteiger partial charge in [0.1, 0.15) is 17.1 Å². The van der Waals surface area contributed by atoms with Crippen LogP contribution in [-0.2, 0) is 0 Å². The maximum Gasteiger partial charge on any atom is 0.209 e. The van der Waals surface area contributed by atoms with Crippen LogP contribution in [0.1, 0.15) is 47.0 Å². The van der Waals surface area contributed by atoms with E-state index in [2.05, 4.69) is 72.3 Å². The van der Waals surface area contributed by atoms with Crippen LogP contribution in [0.3, 0.4) is 0 Å². The standard InChI is InChI=1S/C27H34N4OS/c1-5-16-31(17-6-2)22-12-8-21(9-13-22)26-25(20-10-14-23(15-11-20)32-7-3)28-27(30-29-26)33-24-18-19(24)4/h8-15,19,24H,5-7,16-18H2,1-4H3. The Balaban J connectivity index is 1.67. The number of nitrogens with zero attached hydrogens (tertiary/aromatic N) is 4. The molecule has 33 heavy (non-hydrogen) atoms. The molecule has 1 aliphatic carbocycles. The topological polar surface area (TPSA) is 51.1 Å². The van der Waals surface area contributed by atoms with Gasteiger partial charge in [-0.15, -0.1) is 10.2 Å². The summed E-state index contributed by atoms with van der Waals surface area (Å²) in [6, 6.07) is 16.8. The van der Waals surface area contributed by atoms with Crippen molar-refractivity contribution in [2.75, 3.05) is 24.6 Å². The quantitative estimate of drug-likeness (QED) is 0.315. The molecular formula is C27H34N4OS. The molecule has 5 nitrogen and oxygen atoms in total. The Labute approximate surface area is 202 Å². The number of hydrogen-bond acceptors (Lipinski definition) is 6. The van der Waals surface area contributed by atoms with Gasteiger partial charge in [0.2, 0.25) is 5.16 Å². The molecule has 6 heteroatoms. The van der Waals surface area contributed by atoms with E-state index in [1.54, 1.807) is 11.8 Å². The van der Waals surface area contributed by atoms with Gasteiger partial charge in [-0.3, -0.25) is 0 Å². The first kappa shape index (κ1) is 23.6. The lowest BCUT2D eigenvalue weighted by Crippen LogP contribution is -2.24. The largest absolute Gasteiger partial charge is 0.494 e. The van der Waals surface area contributed by atoms with Gasteiger partial charge in [-0.1, -0.05) is 44.7 Å². The molecule has 0 radical (unpaired) electrons. The van der Waals surface area contributed by atoms with Crippen molar-refractivity contribution in [3.8, 4) is 28.3 Å². The molecule has 1 aliphatic rings. The molecule has 3 aromatic rings. The van der Waals surface area contributed by atoms with Crippen LogP contribution < -0.4 is 9.64 Å². The Morgan fingerprint density at radius 3 is 2.06 bits per heavy atom. The van der Waals surface area contributed by atoms with Crippen LogP contribution in [-0.4, -0.2) is 40.1 Å². The minimum atomic E-state index is 0.605. The third-order valence-corrected chi connectivity index (χ3v) is 7.23. The van der Waals surface area contributed by atoms with Gasteiger partial charge in [0.05, 0.1) is 6.61 Å². The Bertz CT molecular complexity index is 1030. The lowest BCUT2D eigenvalue weighted by atomic mass is 10.0. The monoisotopic (exact) mass is 462 g/mol. The van der Waals surface area contributed by atoms with Gasteiger partial charge in [-0.05, 0) is 68.5 Å². The van der Waals surface area contributed by atoms with Crippen molar-refractivity contribution in [2.24, 2.45) is 5.92 Å². The van der Waals surface area contributed by atoms with E-state index in [-0.39, 0.29) is 0 Å². The van der Waals surface area contributed by atoms with Crippen molar-refractivity contribution in [1.29, 1.82) is 0 Å².